The molecular weight excluding hydrogens is 741 g/mol. The topological polar surface area (TPSA) is 19.6 Å². The quantitative estimate of drug-likeness (QED) is 0.150. The average molecular weight is 779 g/mol. The third kappa shape index (κ3) is 5.98. The summed E-state index contributed by atoms with van der Waals surface area (Å²) < 4.78 is 6.32. The van der Waals surface area contributed by atoms with Gasteiger partial charge in [0.25, 0.3) is 0 Å². The molecule has 11 aromatic carbocycles. The molecule has 61 heavy (non-hydrogen) atoms. The zero-order valence-corrected chi connectivity index (χ0v) is 33.2. The van der Waals surface area contributed by atoms with E-state index in [1.165, 1.54) is 48.8 Å². The Morgan fingerprint density at radius 3 is 1.61 bits per heavy atom. The molecule has 0 N–H and O–H groups in total. The van der Waals surface area contributed by atoms with Crippen molar-refractivity contribution in [2.75, 3.05) is 9.80 Å². The summed E-state index contributed by atoms with van der Waals surface area (Å²) in [5, 5.41) is 11.9. The van der Waals surface area contributed by atoms with Crippen molar-refractivity contribution in [1.82, 2.24) is 0 Å². The van der Waals surface area contributed by atoms with Crippen LogP contribution < -0.4 is 9.80 Å². The number of fused-ring (bicyclic) bond motifs is 9. The Morgan fingerprint density at radius 1 is 0.246 bits per heavy atom. The van der Waals surface area contributed by atoms with E-state index in [-0.39, 0.29) is 0 Å². The molecule has 12 aromatic rings. The third-order valence-corrected chi connectivity index (χ3v) is 12.2. The van der Waals surface area contributed by atoms with Crippen LogP contribution >= 0.6 is 0 Å². The minimum Gasteiger partial charge on any atom is -0.456 e. The minimum absolute atomic E-state index is 0.906. The van der Waals surface area contributed by atoms with Crippen molar-refractivity contribution in [3.8, 4) is 11.1 Å². The standard InChI is InChI=1S/C58H38N2O/c1-3-14-39(15-4-1)40-28-31-45(32-29-40)59(48-33-30-41-26-27-43-35-58-55(38-54(43)53(41)37-48)52-24-11-12-25-57(52)61-58)46-19-13-20-47(36-46)60(44-17-5-2-6-18-44)56-34-42-16-7-8-21-49(42)50-22-9-10-23-51(50)56/h1-38H. The second-order valence-corrected chi connectivity index (χ2v) is 15.7. The zero-order valence-electron chi connectivity index (χ0n) is 33.2. The number of furan rings is 1. The predicted molar refractivity (Wildman–Crippen MR) is 259 cm³/mol. The Morgan fingerprint density at radius 2 is 0.787 bits per heavy atom. The van der Waals surface area contributed by atoms with E-state index in [2.05, 4.69) is 228 Å². The fourth-order valence-electron chi connectivity index (χ4n) is 9.28. The van der Waals surface area contributed by atoms with Gasteiger partial charge < -0.3 is 14.2 Å². The van der Waals surface area contributed by atoms with Crippen LogP contribution in [-0.4, -0.2) is 0 Å². The molecule has 1 aromatic heterocycles. The molecule has 0 amide bonds. The summed E-state index contributed by atoms with van der Waals surface area (Å²) in [5.41, 5.74) is 10.7. The van der Waals surface area contributed by atoms with Crippen LogP contribution in [-0.2, 0) is 0 Å². The highest BCUT2D eigenvalue weighted by atomic mass is 16.3. The molecule has 12 rings (SSSR count). The summed E-state index contributed by atoms with van der Waals surface area (Å²) in [6.45, 7) is 0. The summed E-state index contributed by atoms with van der Waals surface area (Å²) in [7, 11) is 0. The molecule has 3 heteroatoms. The highest BCUT2D eigenvalue weighted by molar-refractivity contribution is 6.17. The van der Waals surface area contributed by atoms with Gasteiger partial charge in [0.2, 0.25) is 0 Å². The summed E-state index contributed by atoms with van der Waals surface area (Å²) >= 11 is 0. The van der Waals surface area contributed by atoms with Crippen molar-refractivity contribution in [3.63, 3.8) is 0 Å². The highest BCUT2D eigenvalue weighted by Gasteiger charge is 2.21. The highest BCUT2D eigenvalue weighted by Crippen LogP contribution is 2.45. The Balaban J connectivity index is 1.07. The van der Waals surface area contributed by atoms with Gasteiger partial charge in [0.1, 0.15) is 11.2 Å². The molecule has 286 valence electrons. The molecule has 0 unspecified atom stereocenters. The van der Waals surface area contributed by atoms with E-state index in [0.717, 1.165) is 61.4 Å². The fraction of sp³-hybridized carbons (Fsp3) is 0. The van der Waals surface area contributed by atoms with E-state index in [0.29, 0.717) is 0 Å². The molecule has 0 aliphatic heterocycles. The summed E-state index contributed by atoms with van der Waals surface area (Å²) in [5.74, 6) is 0. The molecule has 0 saturated carbocycles. The first-order valence-corrected chi connectivity index (χ1v) is 20.8. The van der Waals surface area contributed by atoms with Crippen LogP contribution in [0.1, 0.15) is 0 Å². The van der Waals surface area contributed by atoms with Crippen molar-refractivity contribution < 1.29 is 4.42 Å². The van der Waals surface area contributed by atoms with Crippen LogP contribution in [0.15, 0.2) is 235 Å². The molecule has 1 heterocycles. The van der Waals surface area contributed by atoms with Crippen molar-refractivity contribution >= 4 is 99.2 Å². The lowest BCUT2D eigenvalue weighted by molar-refractivity contribution is 0.669. The van der Waals surface area contributed by atoms with Gasteiger partial charge in [-0.1, -0.05) is 152 Å². The first kappa shape index (κ1) is 34.9. The van der Waals surface area contributed by atoms with Gasteiger partial charge >= 0.3 is 0 Å². The van der Waals surface area contributed by atoms with Crippen LogP contribution in [0.5, 0.6) is 0 Å². The van der Waals surface area contributed by atoms with Gasteiger partial charge in [0.15, 0.2) is 0 Å². The van der Waals surface area contributed by atoms with E-state index in [9.17, 15) is 0 Å². The third-order valence-electron chi connectivity index (χ3n) is 12.2. The molecule has 0 radical (unpaired) electrons. The zero-order chi connectivity index (χ0) is 40.3. The second kappa shape index (κ2) is 14.3. The predicted octanol–water partition coefficient (Wildman–Crippen LogP) is 16.8. The van der Waals surface area contributed by atoms with Crippen LogP contribution in [0, 0.1) is 0 Å². The molecule has 0 aliphatic carbocycles. The van der Waals surface area contributed by atoms with Gasteiger partial charge in [-0.15, -0.1) is 0 Å². The van der Waals surface area contributed by atoms with Gasteiger partial charge in [-0.05, 0) is 128 Å². The first-order valence-electron chi connectivity index (χ1n) is 20.8. The molecule has 0 bridgehead atoms. The first-order chi connectivity index (χ1) is 30.2. The Kier molecular flexibility index (Phi) is 8.17. The maximum Gasteiger partial charge on any atom is 0.136 e. The Bertz CT molecular complexity index is 3590. The fourth-order valence-corrected chi connectivity index (χ4v) is 9.28. The molecule has 0 spiro atoms. The molecular formula is C58H38N2O. The Labute approximate surface area is 353 Å². The van der Waals surface area contributed by atoms with Crippen molar-refractivity contribution in [3.05, 3.63) is 231 Å². The van der Waals surface area contributed by atoms with Gasteiger partial charge in [-0.3, -0.25) is 0 Å². The molecule has 3 nitrogen and oxygen atoms in total. The van der Waals surface area contributed by atoms with Crippen LogP contribution in [0.2, 0.25) is 0 Å². The smallest absolute Gasteiger partial charge is 0.136 e. The lowest BCUT2D eigenvalue weighted by Gasteiger charge is -2.30. The van der Waals surface area contributed by atoms with Crippen molar-refractivity contribution in [1.29, 1.82) is 0 Å². The number of nitrogens with zero attached hydrogens (tertiary/aromatic N) is 2. The van der Waals surface area contributed by atoms with E-state index in [4.69, 9.17) is 4.42 Å². The van der Waals surface area contributed by atoms with Gasteiger partial charge in [0, 0.05) is 44.6 Å². The van der Waals surface area contributed by atoms with Gasteiger partial charge in [-0.25, -0.2) is 0 Å². The number of hydrogen-bond donors (Lipinski definition) is 0. The summed E-state index contributed by atoms with van der Waals surface area (Å²) in [6.07, 6.45) is 0. The van der Waals surface area contributed by atoms with E-state index >= 15 is 0 Å². The van der Waals surface area contributed by atoms with E-state index in [1.807, 2.05) is 12.1 Å². The van der Waals surface area contributed by atoms with Crippen molar-refractivity contribution in [2.24, 2.45) is 0 Å². The van der Waals surface area contributed by atoms with Crippen molar-refractivity contribution in [2.45, 2.75) is 0 Å². The second-order valence-electron chi connectivity index (χ2n) is 15.7. The van der Waals surface area contributed by atoms with Gasteiger partial charge in [-0.2, -0.15) is 0 Å². The maximum absolute atomic E-state index is 6.32. The Hall–Kier alpha value is -8.14. The molecule has 0 saturated heterocycles. The largest absolute Gasteiger partial charge is 0.456 e. The number of rotatable bonds is 7. The molecule has 0 atom stereocenters. The summed E-state index contributed by atoms with van der Waals surface area (Å²) in [6, 6.07) is 83.2. The number of anilines is 6. The molecule has 0 fully saturated rings. The monoisotopic (exact) mass is 778 g/mol. The maximum atomic E-state index is 6.32. The van der Waals surface area contributed by atoms with E-state index in [1.54, 1.807) is 0 Å². The van der Waals surface area contributed by atoms with Gasteiger partial charge in [0.05, 0.1) is 5.69 Å². The van der Waals surface area contributed by atoms with E-state index < -0.39 is 0 Å². The molecule has 0 aliphatic rings. The normalized spacial score (nSPS) is 11.6. The van der Waals surface area contributed by atoms with Crippen LogP contribution in [0.25, 0.3) is 76.2 Å². The number of benzene rings is 11. The minimum atomic E-state index is 0.906. The summed E-state index contributed by atoms with van der Waals surface area (Å²) in [4.78, 5) is 4.80. The number of hydrogen-bond acceptors (Lipinski definition) is 3. The average Bonchev–Trinajstić information content (AvgIpc) is 3.69. The van der Waals surface area contributed by atoms with Crippen LogP contribution in [0.4, 0.5) is 34.1 Å². The van der Waals surface area contributed by atoms with Crippen LogP contribution in [0.3, 0.4) is 0 Å². The SMILES string of the molecule is c1ccc(-c2ccc(N(c3cccc(N(c4ccccc4)c4cc5ccccc5c5ccccc45)c3)c3ccc4ccc5cc6oc7ccccc7c6cc5c4c3)cc2)cc1. The lowest BCUT2D eigenvalue weighted by Crippen LogP contribution is -2.13. The lowest BCUT2D eigenvalue weighted by atomic mass is 9.98. The number of para-hydroxylation sites is 2.